The third-order valence-corrected chi connectivity index (χ3v) is 2.73. The highest BCUT2D eigenvalue weighted by atomic mass is 35.5. The molecule has 92 valence electrons. The average Bonchev–Trinajstić information content (AvgIpc) is 2.31. The molecule has 0 fully saturated rings. The Hall–Kier alpha value is -1.81. The zero-order valence-corrected chi connectivity index (χ0v) is 9.92. The molecule has 0 aliphatic rings. The highest BCUT2D eigenvalue weighted by molar-refractivity contribution is 6.31. The van der Waals surface area contributed by atoms with Gasteiger partial charge in [-0.25, -0.2) is 8.78 Å². The molecule has 2 aromatic rings. The van der Waals surface area contributed by atoms with Gasteiger partial charge in [0.15, 0.2) is 5.78 Å². The number of pyridine rings is 1. The number of carbonyl (C=O) groups is 1. The van der Waals surface area contributed by atoms with Gasteiger partial charge in [0, 0.05) is 30.4 Å². The van der Waals surface area contributed by atoms with E-state index in [0.717, 1.165) is 18.2 Å². The van der Waals surface area contributed by atoms with Crippen molar-refractivity contribution in [2.45, 2.75) is 6.42 Å². The van der Waals surface area contributed by atoms with Crippen molar-refractivity contribution in [2.75, 3.05) is 0 Å². The van der Waals surface area contributed by atoms with Crippen molar-refractivity contribution >= 4 is 17.4 Å². The van der Waals surface area contributed by atoms with Gasteiger partial charge in [0.25, 0.3) is 0 Å². The second-order valence-corrected chi connectivity index (χ2v) is 4.13. The first-order valence-corrected chi connectivity index (χ1v) is 5.52. The van der Waals surface area contributed by atoms with Gasteiger partial charge in [-0.15, -0.1) is 0 Å². The Balaban J connectivity index is 2.25. The fourth-order valence-electron chi connectivity index (χ4n) is 1.54. The number of hydrogen-bond acceptors (Lipinski definition) is 2. The van der Waals surface area contributed by atoms with Crippen LogP contribution in [0.25, 0.3) is 0 Å². The standard InChI is InChI=1S/C13H8ClF2NO/c14-12-7-17-2-1-8(12)5-13(18)9-3-10(15)6-11(16)4-9/h1-4,6-7H,5H2. The second kappa shape index (κ2) is 5.23. The summed E-state index contributed by atoms with van der Waals surface area (Å²) in [6.07, 6.45) is 2.89. The molecule has 0 atom stereocenters. The molecular weight excluding hydrogens is 260 g/mol. The molecule has 1 aromatic carbocycles. The maximum absolute atomic E-state index is 13.0. The first-order chi connectivity index (χ1) is 8.56. The van der Waals surface area contributed by atoms with Crippen molar-refractivity contribution in [3.05, 3.63) is 64.4 Å². The summed E-state index contributed by atoms with van der Waals surface area (Å²) in [5.74, 6) is -1.96. The van der Waals surface area contributed by atoms with E-state index < -0.39 is 17.4 Å². The summed E-state index contributed by atoms with van der Waals surface area (Å²) < 4.78 is 26.0. The van der Waals surface area contributed by atoms with E-state index in [4.69, 9.17) is 11.6 Å². The van der Waals surface area contributed by atoms with Crippen LogP contribution < -0.4 is 0 Å². The third-order valence-electron chi connectivity index (χ3n) is 2.39. The molecule has 0 saturated carbocycles. The van der Waals surface area contributed by atoms with Crippen molar-refractivity contribution in [1.29, 1.82) is 0 Å². The summed E-state index contributed by atoms with van der Waals surface area (Å²) in [6.45, 7) is 0. The number of rotatable bonds is 3. The van der Waals surface area contributed by atoms with Crippen LogP contribution in [0.4, 0.5) is 8.78 Å². The number of ketones is 1. The summed E-state index contributed by atoms with van der Waals surface area (Å²) in [5, 5.41) is 0.350. The first-order valence-electron chi connectivity index (χ1n) is 5.14. The monoisotopic (exact) mass is 267 g/mol. The van der Waals surface area contributed by atoms with Gasteiger partial charge in [0.1, 0.15) is 11.6 Å². The van der Waals surface area contributed by atoms with Gasteiger partial charge in [-0.3, -0.25) is 9.78 Å². The van der Waals surface area contributed by atoms with Crippen LogP contribution in [0.2, 0.25) is 5.02 Å². The minimum absolute atomic E-state index is 0.0135. The molecule has 0 bridgehead atoms. The van der Waals surface area contributed by atoms with Crippen molar-refractivity contribution in [3.8, 4) is 0 Å². The molecule has 0 N–H and O–H groups in total. The van der Waals surface area contributed by atoms with Gasteiger partial charge < -0.3 is 0 Å². The SMILES string of the molecule is O=C(Cc1ccncc1Cl)c1cc(F)cc(F)c1. The van der Waals surface area contributed by atoms with E-state index in [2.05, 4.69) is 4.98 Å². The molecule has 2 nitrogen and oxygen atoms in total. The van der Waals surface area contributed by atoms with Crippen LogP contribution in [-0.2, 0) is 6.42 Å². The summed E-state index contributed by atoms with van der Waals surface area (Å²) in [4.78, 5) is 15.6. The van der Waals surface area contributed by atoms with E-state index in [1.54, 1.807) is 6.07 Å². The van der Waals surface area contributed by atoms with Crippen molar-refractivity contribution < 1.29 is 13.6 Å². The zero-order valence-electron chi connectivity index (χ0n) is 9.16. The predicted octanol–water partition coefficient (Wildman–Crippen LogP) is 3.44. The van der Waals surface area contributed by atoms with Crippen LogP contribution in [0, 0.1) is 11.6 Å². The smallest absolute Gasteiger partial charge is 0.167 e. The second-order valence-electron chi connectivity index (χ2n) is 3.73. The average molecular weight is 268 g/mol. The number of benzene rings is 1. The molecule has 1 heterocycles. The highest BCUT2D eigenvalue weighted by Gasteiger charge is 2.12. The molecule has 0 saturated heterocycles. The van der Waals surface area contributed by atoms with E-state index in [0.29, 0.717) is 10.6 Å². The van der Waals surface area contributed by atoms with E-state index in [9.17, 15) is 13.6 Å². The summed E-state index contributed by atoms with van der Waals surface area (Å²) in [7, 11) is 0. The van der Waals surface area contributed by atoms with Crippen LogP contribution >= 0.6 is 11.6 Å². The summed E-state index contributed by atoms with van der Waals surface area (Å²) in [5.41, 5.74) is 0.557. The molecule has 18 heavy (non-hydrogen) atoms. The summed E-state index contributed by atoms with van der Waals surface area (Å²) in [6, 6.07) is 4.31. The maximum atomic E-state index is 13.0. The topological polar surface area (TPSA) is 30.0 Å². The molecule has 2 rings (SSSR count). The van der Waals surface area contributed by atoms with Crippen molar-refractivity contribution in [1.82, 2.24) is 4.98 Å². The van der Waals surface area contributed by atoms with Gasteiger partial charge in [-0.2, -0.15) is 0 Å². The molecule has 0 radical (unpaired) electrons. The zero-order chi connectivity index (χ0) is 13.1. The van der Waals surface area contributed by atoms with Crippen LogP contribution in [0.5, 0.6) is 0 Å². The Morgan fingerprint density at radius 3 is 2.50 bits per heavy atom. The minimum atomic E-state index is -0.779. The molecule has 0 aliphatic heterocycles. The largest absolute Gasteiger partial charge is 0.294 e. The van der Waals surface area contributed by atoms with Crippen molar-refractivity contribution in [3.63, 3.8) is 0 Å². The molecular formula is C13H8ClF2NO. The molecule has 0 amide bonds. The minimum Gasteiger partial charge on any atom is -0.294 e. The van der Waals surface area contributed by atoms with Gasteiger partial charge in [0.05, 0.1) is 5.02 Å². The lowest BCUT2D eigenvalue weighted by Gasteiger charge is -2.03. The number of carbonyl (C=O) groups excluding carboxylic acids is 1. The van der Waals surface area contributed by atoms with Crippen LogP contribution in [-0.4, -0.2) is 10.8 Å². The molecule has 0 aliphatic carbocycles. The lowest BCUT2D eigenvalue weighted by molar-refractivity contribution is 0.0992. The van der Waals surface area contributed by atoms with Gasteiger partial charge >= 0.3 is 0 Å². The van der Waals surface area contributed by atoms with Gasteiger partial charge in [0.2, 0.25) is 0 Å². The Bertz CT molecular complexity index is 581. The number of Topliss-reactive ketones (excluding diaryl/α,β-unsaturated/α-hetero) is 1. The molecule has 5 heteroatoms. The van der Waals surface area contributed by atoms with Crippen LogP contribution in [0.15, 0.2) is 36.7 Å². The Morgan fingerprint density at radius 1 is 1.22 bits per heavy atom. The fourth-order valence-corrected chi connectivity index (χ4v) is 1.72. The van der Waals surface area contributed by atoms with E-state index in [-0.39, 0.29) is 12.0 Å². The predicted molar refractivity (Wildman–Crippen MR) is 63.6 cm³/mol. The van der Waals surface area contributed by atoms with Crippen molar-refractivity contribution in [2.24, 2.45) is 0 Å². The highest BCUT2D eigenvalue weighted by Crippen LogP contribution is 2.17. The van der Waals surface area contributed by atoms with E-state index in [1.165, 1.54) is 12.4 Å². The van der Waals surface area contributed by atoms with Crippen LogP contribution in [0.1, 0.15) is 15.9 Å². The van der Waals surface area contributed by atoms with E-state index in [1.807, 2.05) is 0 Å². The number of hydrogen-bond donors (Lipinski definition) is 0. The van der Waals surface area contributed by atoms with Gasteiger partial charge in [-0.1, -0.05) is 11.6 Å². The quantitative estimate of drug-likeness (QED) is 0.798. The Labute approximate surface area is 107 Å². The Kier molecular flexibility index (Phi) is 3.67. The summed E-state index contributed by atoms with van der Waals surface area (Å²) >= 11 is 5.86. The maximum Gasteiger partial charge on any atom is 0.167 e. The lowest BCUT2D eigenvalue weighted by atomic mass is 10.0. The number of aromatic nitrogens is 1. The molecule has 0 spiro atoms. The first kappa shape index (κ1) is 12.6. The molecule has 1 aromatic heterocycles. The third kappa shape index (κ3) is 2.90. The number of nitrogens with zero attached hydrogens (tertiary/aromatic N) is 1. The van der Waals surface area contributed by atoms with E-state index >= 15 is 0 Å². The molecule has 0 unspecified atom stereocenters. The Morgan fingerprint density at radius 2 is 1.89 bits per heavy atom. The van der Waals surface area contributed by atoms with Gasteiger partial charge in [-0.05, 0) is 23.8 Å². The fraction of sp³-hybridized carbons (Fsp3) is 0.0769. The van der Waals surface area contributed by atoms with Crippen LogP contribution in [0.3, 0.4) is 0 Å². The number of halogens is 3. The lowest BCUT2D eigenvalue weighted by Crippen LogP contribution is -2.05. The normalized spacial score (nSPS) is 10.4.